The van der Waals surface area contributed by atoms with Gasteiger partial charge in [0.25, 0.3) is 0 Å². The van der Waals surface area contributed by atoms with E-state index in [0.29, 0.717) is 42.5 Å². The summed E-state index contributed by atoms with van der Waals surface area (Å²) in [6, 6.07) is 0.465. The van der Waals surface area contributed by atoms with E-state index < -0.39 is 12.7 Å². The van der Waals surface area contributed by atoms with E-state index in [1.54, 1.807) is 0 Å². The maximum absolute atomic E-state index is 12.5. The normalized spacial score (nSPS) is 32.6. The Labute approximate surface area is 171 Å². The van der Waals surface area contributed by atoms with E-state index in [9.17, 15) is 13.2 Å². The molecular formula is C21H35F3N4O. The average molecular weight is 417 g/mol. The highest BCUT2D eigenvalue weighted by atomic mass is 19.4. The van der Waals surface area contributed by atoms with Crippen LogP contribution in [0.4, 0.5) is 13.2 Å². The summed E-state index contributed by atoms with van der Waals surface area (Å²) < 4.78 is 43.6. The van der Waals surface area contributed by atoms with Crippen molar-refractivity contribution >= 4 is 5.96 Å². The number of ether oxygens (including phenoxy) is 1. The van der Waals surface area contributed by atoms with Crippen molar-refractivity contribution in [3.05, 3.63) is 0 Å². The van der Waals surface area contributed by atoms with Gasteiger partial charge in [0, 0.05) is 37.1 Å². The fraction of sp³-hybridized carbons (Fsp3) is 0.952. The van der Waals surface area contributed by atoms with Gasteiger partial charge in [-0.3, -0.25) is 9.89 Å². The number of piperidine rings is 1. The number of alkyl halides is 3. The number of hydrogen-bond donors (Lipinski definition) is 2. The Morgan fingerprint density at radius 2 is 1.97 bits per heavy atom. The molecule has 5 nitrogen and oxygen atoms in total. The van der Waals surface area contributed by atoms with E-state index in [2.05, 4.69) is 17.6 Å². The van der Waals surface area contributed by atoms with Crippen LogP contribution in [-0.2, 0) is 4.74 Å². The molecule has 2 N–H and O–H groups in total. The zero-order chi connectivity index (χ0) is 20.5. The van der Waals surface area contributed by atoms with Crippen LogP contribution in [0.25, 0.3) is 0 Å². The van der Waals surface area contributed by atoms with Gasteiger partial charge >= 0.3 is 6.18 Å². The number of halogens is 3. The Morgan fingerprint density at radius 3 is 2.59 bits per heavy atom. The van der Waals surface area contributed by atoms with Gasteiger partial charge in [0.1, 0.15) is 0 Å². The van der Waals surface area contributed by atoms with Crippen molar-refractivity contribution in [1.82, 2.24) is 15.5 Å². The lowest BCUT2D eigenvalue weighted by Gasteiger charge is -2.63. The molecule has 2 saturated carbocycles. The van der Waals surface area contributed by atoms with E-state index in [0.717, 1.165) is 51.3 Å². The lowest BCUT2D eigenvalue weighted by Crippen LogP contribution is -2.72. The van der Waals surface area contributed by atoms with Crippen molar-refractivity contribution in [3.63, 3.8) is 0 Å². The van der Waals surface area contributed by atoms with E-state index in [-0.39, 0.29) is 0 Å². The van der Waals surface area contributed by atoms with Gasteiger partial charge in [-0.15, -0.1) is 0 Å². The molecule has 4 fully saturated rings. The highest BCUT2D eigenvalue weighted by Gasteiger charge is 2.66. The number of likely N-dealkylation sites (tertiary alicyclic amines) is 1. The summed E-state index contributed by atoms with van der Waals surface area (Å²) in [5.74, 6) is 1.97. The summed E-state index contributed by atoms with van der Waals surface area (Å²) in [4.78, 5) is 6.33. The van der Waals surface area contributed by atoms with Crippen molar-refractivity contribution in [2.24, 2.45) is 22.2 Å². The largest absolute Gasteiger partial charge is 0.401 e. The zero-order valence-corrected chi connectivity index (χ0v) is 17.4. The van der Waals surface area contributed by atoms with Gasteiger partial charge in [0.15, 0.2) is 5.96 Å². The van der Waals surface area contributed by atoms with Crippen LogP contribution >= 0.6 is 0 Å². The van der Waals surface area contributed by atoms with Crippen molar-refractivity contribution < 1.29 is 17.9 Å². The molecule has 2 aliphatic carbocycles. The number of rotatable bonds is 6. The molecular weight excluding hydrogens is 381 g/mol. The Hall–Kier alpha value is -1.02. The first-order valence-electron chi connectivity index (χ1n) is 11.4. The van der Waals surface area contributed by atoms with Crippen LogP contribution in [0.1, 0.15) is 51.9 Å². The number of hydrogen-bond acceptors (Lipinski definition) is 3. The summed E-state index contributed by atoms with van der Waals surface area (Å²) >= 11 is 0. The Morgan fingerprint density at radius 1 is 1.21 bits per heavy atom. The second-order valence-corrected chi connectivity index (χ2v) is 9.34. The minimum Gasteiger partial charge on any atom is -0.377 e. The van der Waals surface area contributed by atoms with Crippen LogP contribution in [-0.4, -0.2) is 68.5 Å². The predicted molar refractivity (Wildman–Crippen MR) is 107 cm³/mol. The van der Waals surface area contributed by atoms with Crippen LogP contribution in [0.2, 0.25) is 0 Å². The van der Waals surface area contributed by atoms with Crippen LogP contribution in [0.3, 0.4) is 0 Å². The molecule has 0 amide bonds. The molecule has 4 rings (SSSR count). The van der Waals surface area contributed by atoms with Crippen molar-refractivity contribution in [3.8, 4) is 0 Å². The molecule has 2 saturated heterocycles. The highest BCUT2D eigenvalue weighted by molar-refractivity contribution is 5.80. The minimum absolute atomic E-state index is 0.322. The quantitative estimate of drug-likeness (QED) is 0.516. The number of nitrogens with zero attached hydrogens (tertiary/aromatic N) is 2. The second-order valence-electron chi connectivity index (χ2n) is 9.34. The maximum atomic E-state index is 12.5. The average Bonchev–Trinajstić information content (AvgIpc) is 3.03. The van der Waals surface area contributed by atoms with Gasteiger partial charge in [0.2, 0.25) is 0 Å². The topological polar surface area (TPSA) is 48.9 Å². The molecule has 3 atom stereocenters. The SMILES string of the molecule is CCNC(=NCCC1CCN(CC(F)(F)F)CC1)NC1C2CCOC2C12CCC2. The molecule has 0 bridgehead atoms. The molecule has 1 spiro atoms. The monoisotopic (exact) mass is 416 g/mol. The van der Waals surface area contributed by atoms with Crippen LogP contribution < -0.4 is 10.6 Å². The third kappa shape index (κ3) is 4.53. The van der Waals surface area contributed by atoms with Gasteiger partial charge in [0.05, 0.1) is 12.6 Å². The summed E-state index contributed by atoms with van der Waals surface area (Å²) in [6.07, 6.45) is 3.91. The summed E-state index contributed by atoms with van der Waals surface area (Å²) in [5, 5.41) is 7.10. The molecule has 0 aromatic carbocycles. The molecule has 0 aromatic rings. The van der Waals surface area contributed by atoms with E-state index in [4.69, 9.17) is 9.73 Å². The first-order valence-corrected chi connectivity index (χ1v) is 11.4. The van der Waals surface area contributed by atoms with E-state index in [1.165, 1.54) is 24.2 Å². The molecule has 29 heavy (non-hydrogen) atoms. The first-order chi connectivity index (χ1) is 13.9. The Bertz CT molecular complexity index is 585. The number of fused-ring (bicyclic) bond motifs is 2. The predicted octanol–water partition coefficient (Wildman–Crippen LogP) is 3.16. The first kappa shape index (κ1) is 21.2. The molecule has 2 heterocycles. The third-order valence-corrected chi connectivity index (χ3v) is 7.59. The molecule has 8 heteroatoms. The summed E-state index contributed by atoms with van der Waals surface area (Å²) in [5.41, 5.74) is 0.322. The molecule has 0 radical (unpaired) electrons. The van der Waals surface area contributed by atoms with Gasteiger partial charge in [-0.1, -0.05) is 6.42 Å². The summed E-state index contributed by atoms with van der Waals surface area (Å²) in [7, 11) is 0. The lowest BCUT2D eigenvalue weighted by molar-refractivity contribution is -0.171. The lowest BCUT2D eigenvalue weighted by atomic mass is 9.46. The van der Waals surface area contributed by atoms with Crippen molar-refractivity contribution in [2.45, 2.75) is 70.2 Å². The van der Waals surface area contributed by atoms with E-state index in [1.807, 2.05) is 0 Å². The van der Waals surface area contributed by atoms with Crippen molar-refractivity contribution in [1.29, 1.82) is 0 Å². The van der Waals surface area contributed by atoms with Crippen LogP contribution in [0.5, 0.6) is 0 Å². The third-order valence-electron chi connectivity index (χ3n) is 7.59. The second kappa shape index (κ2) is 8.61. The molecule has 0 aromatic heterocycles. The number of aliphatic imine (C=N–C) groups is 1. The molecule has 4 aliphatic rings. The van der Waals surface area contributed by atoms with Crippen LogP contribution in [0, 0.1) is 17.3 Å². The van der Waals surface area contributed by atoms with Gasteiger partial charge in [-0.2, -0.15) is 13.2 Å². The zero-order valence-electron chi connectivity index (χ0n) is 17.4. The smallest absolute Gasteiger partial charge is 0.377 e. The standard InChI is InChI=1S/C21H35F3N4O/c1-2-25-19(27-17-16-7-13-29-18(16)20(17)8-3-9-20)26-10-4-15-5-11-28(12-6-15)14-21(22,23)24/h15-18H,2-14H2,1H3,(H2,25,26,27). The molecule has 2 aliphatic heterocycles. The maximum Gasteiger partial charge on any atom is 0.401 e. The summed E-state index contributed by atoms with van der Waals surface area (Å²) in [6.45, 7) is 4.82. The van der Waals surface area contributed by atoms with Gasteiger partial charge < -0.3 is 15.4 Å². The number of nitrogens with one attached hydrogen (secondary N) is 2. The highest BCUT2D eigenvalue weighted by Crippen LogP contribution is 2.62. The van der Waals surface area contributed by atoms with Crippen LogP contribution in [0.15, 0.2) is 4.99 Å². The van der Waals surface area contributed by atoms with Crippen molar-refractivity contribution in [2.75, 3.05) is 39.3 Å². The van der Waals surface area contributed by atoms with Gasteiger partial charge in [-0.25, -0.2) is 0 Å². The van der Waals surface area contributed by atoms with Gasteiger partial charge in [-0.05, 0) is 64.5 Å². The Kier molecular flexibility index (Phi) is 6.30. The molecule has 166 valence electrons. The fourth-order valence-corrected chi connectivity index (χ4v) is 5.97. The Balaban J connectivity index is 1.24. The minimum atomic E-state index is -4.09. The van der Waals surface area contributed by atoms with E-state index >= 15 is 0 Å². The fourth-order valence-electron chi connectivity index (χ4n) is 5.97. The molecule has 3 unspecified atom stereocenters. The number of guanidine groups is 1.